The second-order valence-electron chi connectivity index (χ2n) is 5.39. The Morgan fingerprint density at radius 1 is 0.905 bits per heavy atom. The Balaban J connectivity index is 2.38. The lowest BCUT2D eigenvalue weighted by Gasteiger charge is -2.24. The minimum Gasteiger partial charge on any atom is -0.465 e. The molecule has 0 aromatic heterocycles. The Morgan fingerprint density at radius 3 is 2.14 bits per heavy atom. The van der Waals surface area contributed by atoms with Crippen LogP contribution in [-0.4, -0.2) is 18.9 Å². The van der Waals surface area contributed by atoms with Crippen molar-refractivity contribution in [1.29, 1.82) is 0 Å². The molecule has 2 aromatic carbocycles. The first kappa shape index (κ1) is 15.0. The van der Waals surface area contributed by atoms with Crippen molar-refractivity contribution in [2.45, 2.75) is 19.3 Å². The highest BCUT2D eigenvalue weighted by molar-refractivity contribution is 6.05. The van der Waals surface area contributed by atoms with E-state index in [4.69, 9.17) is 4.74 Å². The zero-order chi connectivity index (χ0) is 15.5. The molecule has 0 heterocycles. The van der Waals surface area contributed by atoms with Gasteiger partial charge in [-0.3, -0.25) is 4.79 Å². The molecule has 2 rings (SSSR count). The van der Waals surface area contributed by atoms with Crippen molar-refractivity contribution in [3.8, 4) is 0 Å². The lowest BCUT2D eigenvalue weighted by molar-refractivity contribution is 0.0600. The van der Waals surface area contributed by atoms with Crippen molar-refractivity contribution in [3.63, 3.8) is 0 Å². The molecule has 2 aromatic rings. The summed E-state index contributed by atoms with van der Waals surface area (Å²) in [6, 6.07) is 16.2. The van der Waals surface area contributed by atoms with Crippen molar-refractivity contribution in [3.05, 3.63) is 71.3 Å². The van der Waals surface area contributed by atoms with Gasteiger partial charge in [-0.05, 0) is 31.5 Å². The van der Waals surface area contributed by atoms with Crippen molar-refractivity contribution in [1.82, 2.24) is 0 Å². The largest absolute Gasteiger partial charge is 0.465 e. The molecule has 0 atom stereocenters. The van der Waals surface area contributed by atoms with Crippen LogP contribution in [0.15, 0.2) is 54.6 Å². The Labute approximate surface area is 124 Å². The van der Waals surface area contributed by atoms with Crippen LogP contribution in [0.2, 0.25) is 0 Å². The van der Waals surface area contributed by atoms with Crippen molar-refractivity contribution in [2.75, 3.05) is 7.11 Å². The summed E-state index contributed by atoms with van der Waals surface area (Å²) in [6.07, 6.45) is 0. The first-order valence-electron chi connectivity index (χ1n) is 6.75. The number of carbonyl (C=O) groups is 2. The predicted molar refractivity (Wildman–Crippen MR) is 81.6 cm³/mol. The smallest absolute Gasteiger partial charge is 0.337 e. The number of hydrogen-bond donors (Lipinski definition) is 0. The summed E-state index contributed by atoms with van der Waals surface area (Å²) in [7, 11) is 1.32. The maximum atomic E-state index is 12.8. The second kappa shape index (κ2) is 5.92. The highest BCUT2D eigenvalue weighted by Crippen LogP contribution is 2.27. The first-order chi connectivity index (χ1) is 9.96. The molecule has 0 saturated heterocycles. The molecule has 0 N–H and O–H groups in total. The molecule has 0 bridgehead atoms. The van der Waals surface area contributed by atoms with Gasteiger partial charge in [-0.25, -0.2) is 4.79 Å². The average Bonchev–Trinajstić information content (AvgIpc) is 2.54. The van der Waals surface area contributed by atoms with Gasteiger partial charge < -0.3 is 4.74 Å². The standard InChI is InChI=1S/C18H18O3/c1-18(2,15-10-5-4-6-11-15)16(19)13-8-7-9-14(12-13)17(20)21-3/h4-12H,1-3H3. The lowest BCUT2D eigenvalue weighted by Crippen LogP contribution is -2.29. The van der Waals surface area contributed by atoms with Crippen LogP contribution in [0, 0.1) is 0 Å². The van der Waals surface area contributed by atoms with E-state index in [1.54, 1.807) is 24.3 Å². The van der Waals surface area contributed by atoms with Gasteiger partial charge in [-0.2, -0.15) is 0 Å². The van der Waals surface area contributed by atoms with Crippen LogP contribution in [-0.2, 0) is 10.2 Å². The number of rotatable bonds is 4. The number of Topliss-reactive ketones (excluding diaryl/α,β-unsaturated/α-hetero) is 1. The van der Waals surface area contributed by atoms with Gasteiger partial charge in [0.2, 0.25) is 0 Å². The number of benzene rings is 2. The number of esters is 1. The molecule has 108 valence electrons. The van der Waals surface area contributed by atoms with Gasteiger partial charge in [0, 0.05) is 5.56 Å². The van der Waals surface area contributed by atoms with Crippen molar-refractivity contribution >= 4 is 11.8 Å². The molecule has 0 aliphatic heterocycles. The van der Waals surface area contributed by atoms with E-state index in [9.17, 15) is 9.59 Å². The Bertz CT molecular complexity index is 657. The van der Waals surface area contributed by atoms with Crippen LogP contribution >= 0.6 is 0 Å². The average molecular weight is 282 g/mol. The second-order valence-corrected chi connectivity index (χ2v) is 5.39. The van der Waals surface area contributed by atoms with E-state index in [2.05, 4.69) is 0 Å². The summed E-state index contributed by atoms with van der Waals surface area (Å²) >= 11 is 0. The number of hydrogen-bond acceptors (Lipinski definition) is 3. The maximum absolute atomic E-state index is 12.8. The fourth-order valence-electron chi connectivity index (χ4n) is 2.25. The molecule has 0 radical (unpaired) electrons. The zero-order valence-electron chi connectivity index (χ0n) is 12.4. The van der Waals surface area contributed by atoms with E-state index >= 15 is 0 Å². The van der Waals surface area contributed by atoms with Crippen molar-refractivity contribution < 1.29 is 14.3 Å². The Kier molecular flexibility index (Phi) is 4.22. The van der Waals surface area contributed by atoms with Crippen LogP contribution in [0.1, 0.15) is 40.1 Å². The summed E-state index contributed by atoms with van der Waals surface area (Å²) in [4.78, 5) is 24.4. The highest BCUT2D eigenvalue weighted by atomic mass is 16.5. The molecule has 0 fully saturated rings. The monoisotopic (exact) mass is 282 g/mol. The van der Waals surface area contributed by atoms with E-state index in [0.29, 0.717) is 11.1 Å². The predicted octanol–water partition coefficient (Wildman–Crippen LogP) is 3.63. The van der Waals surface area contributed by atoms with Gasteiger partial charge in [0.1, 0.15) is 0 Å². The molecule has 0 unspecified atom stereocenters. The third kappa shape index (κ3) is 3.02. The molecule has 3 heteroatoms. The quantitative estimate of drug-likeness (QED) is 0.635. The van der Waals surface area contributed by atoms with Crippen LogP contribution in [0.4, 0.5) is 0 Å². The first-order valence-corrected chi connectivity index (χ1v) is 6.75. The third-order valence-electron chi connectivity index (χ3n) is 3.61. The molecule has 21 heavy (non-hydrogen) atoms. The van der Waals surface area contributed by atoms with Gasteiger partial charge in [0.15, 0.2) is 5.78 Å². The van der Waals surface area contributed by atoms with Gasteiger partial charge in [0.05, 0.1) is 18.1 Å². The zero-order valence-corrected chi connectivity index (χ0v) is 12.4. The third-order valence-corrected chi connectivity index (χ3v) is 3.61. The number of ether oxygens (including phenoxy) is 1. The summed E-state index contributed by atoms with van der Waals surface area (Å²) in [5.74, 6) is -0.471. The van der Waals surface area contributed by atoms with E-state index in [1.807, 2.05) is 44.2 Å². The molecule has 0 aliphatic carbocycles. The molecule has 0 spiro atoms. The van der Waals surface area contributed by atoms with E-state index < -0.39 is 11.4 Å². The van der Waals surface area contributed by atoms with E-state index in [1.165, 1.54) is 7.11 Å². The highest BCUT2D eigenvalue weighted by Gasteiger charge is 2.30. The van der Waals surface area contributed by atoms with Crippen LogP contribution < -0.4 is 0 Å². The number of ketones is 1. The topological polar surface area (TPSA) is 43.4 Å². The molecule has 0 saturated carbocycles. The summed E-state index contributed by atoms with van der Waals surface area (Å²) in [5, 5.41) is 0. The SMILES string of the molecule is COC(=O)c1cccc(C(=O)C(C)(C)c2ccccc2)c1. The molecule has 0 amide bonds. The van der Waals surface area contributed by atoms with E-state index in [0.717, 1.165) is 5.56 Å². The molecule has 0 aliphatic rings. The number of carbonyl (C=O) groups excluding carboxylic acids is 2. The summed E-state index contributed by atoms with van der Waals surface area (Å²) in [6.45, 7) is 3.77. The van der Waals surface area contributed by atoms with Gasteiger partial charge in [-0.1, -0.05) is 42.5 Å². The van der Waals surface area contributed by atoms with Crippen molar-refractivity contribution in [2.24, 2.45) is 0 Å². The van der Waals surface area contributed by atoms with Gasteiger partial charge in [-0.15, -0.1) is 0 Å². The Hall–Kier alpha value is -2.42. The van der Waals surface area contributed by atoms with Gasteiger partial charge >= 0.3 is 5.97 Å². The fraction of sp³-hybridized carbons (Fsp3) is 0.222. The summed E-state index contributed by atoms with van der Waals surface area (Å²) < 4.78 is 4.69. The minimum atomic E-state index is -0.657. The fourth-order valence-corrected chi connectivity index (χ4v) is 2.25. The molecule has 3 nitrogen and oxygen atoms in total. The van der Waals surface area contributed by atoms with E-state index in [-0.39, 0.29) is 5.78 Å². The maximum Gasteiger partial charge on any atom is 0.337 e. The summed E-state index contributed by atoms with van der Waals surface area (Å²) in [5.41, 5.74) is 1.17. The molecular formula is C18H18O3. The molecular weight excluding hydrogens is 264 g/mol. The number of methoxy groups -OCH3 is 1. The van der Waals surface area contributed by atoms with Crippen LogP contribution in [0.5, 0.6) is 0 Å². The van der Waals surface area contributed by atoms with Gasteiger partial charge in [0.25, 0.3) is 0 Å². The van der Waals surface area contributed by atoms with Crippen LogP contribution in [0.25, 0.3) is 0 Å². The van der Waals surface area contributed by atoms with Crippen LogP contribution in [0.3, 0.4) is 0 Å². The Morgan fingerprint density at radius 2 is 1.52 bits per heavy atom. The lowest BCUT2D eigenvalue weighted by atomic mass is 9.78. The normalized spacial score (nSPS) is 11.0. The minimum absolute atomic E-state index is 0.0283.